The van der Waals surface area contributed by atoms with Crippen molar-refractivity contribution < 1.29 is 0 Å². The topological polar surface area (TPSA) is 24.1 Å². The number of benzene rings is 1. The highest BCUT2D eigenvalue weighted by Gasteiger charge is 2.44. The smallest absolute Gasteiger partial charge is 0.0494 e. The average Bonchev–Trinajstić information content (AvgIpc) is 3.27. The molecule has 0 unspecified atom stereocenters. The van der Waals surface area contributed by atoms with Crippen molar-refractivity contribution in [2.75, 3.05) is 0 Å². The van der Waals surface area contributed by atoms with Crippen molar-refractivity contribution in [3.8, 4) is 0 Å². The lowest BCUT2D eigenvalue weighted by Gasteiger charge is -2.30. The third-order valence-corrected chi connectivity index (χ3v) is 8.92. The van der Waals surface area contributed by atoms with Crippen LogP contribution in [0, 0.1) is 11.8 Å². The summed E-state index contributed by atoms with van der Waals surface area (Å²) in [5.41, 5.74) is 7.51. The van der Waals surface area contributed by atoms with E-state index in [4.69, 9.17) is 0 Å². The summed E-state index contributed by atoms with van der Waals surface area (Å²) < 4.78 is 0. The van der Waals surface area contributed by atoms with Crippen LogP contribution in [-0.2, 0) is 0 Å². The Hall–Kier alpha value is -0.430. The number of hydrazine groups is 1. The van der Waals surface area contributed by atoms with Gasteiger partial charge in [-0.1, -0.05) is 56.0 Å². The molecule has 4 rings (SSSR count). The minimum absolute atomic E-state index is 0.111. The largest absolute Gasteiger partial charge is 0.249 e. The molecule has 2 aliphatic carbocycles. The fraction of sp³-hybridized carbons (Fsp3) is 0.667. The summed E-state index contributed by atoms with van der Waals surface area (Å²) in [6.45, 7) is 0. The SMILES string of the molecule is c1ccc(P2[C@@H](C3CCCC3)NN[C@@H]2C2CCCC2)cc1. The number of nitrogens with one attached hydrogen (secondary N) is 2. The monoisotopic (exact) mass is 302 g/mol. The van der Waals surface area contributed by atoms with Crippen LogP contribution in [0.4, 0.5) is 0 Å². The molecule has 3 fully saturated rings. The number of rotatable bonds is 3. The Balaban J connectivity index is 1.62. The summed E-state index contributed by atoms with van der Waals surface area (Å²) in [4.78, 5) is 0. The summed E-state index contributed by atoms with van der Waals surface area (Å²) in [5.74, 6) is 3.21. The van der Waals surface area contributed by atoms with E-state index in [2.05, 4.69) is 41.2 Å². The maximum absolute atomic E-state index is 3.75. The summed E-state index contributed by atoms with van der Waals surface area (Å²) in [6.07, 6.45) is 11.5. The molecule has 0 aromatic heterocycles. The minimum Gasteiger partial charge on any atom is -0.249 e. The molecule has 3 aliphatic rings. The van der Waals surface area contributed by atoms with Crippen molar-refractivity contribution in [3.63, 3.8) is 0 Å². The predicted octanol–water partition coefficient (Wildman–Crippen LogP) is 3.93. The molecule has 1 aliphatic heterocycles. The molecule has 1 saturated heterocycles. The van der Waals surface area contributed by atoms with Crippen LogP contribution in [0.1, 0.15) is 51.4 Å². The van der Waals surface area contributed by atoms with Crippen molar-refractivity contribution in [2.45, 2.75) is 62.9 Å². The summed E-state index contributed by atoms with van der Waals surface area (Å²) in [5, 5.41) is 1.61. The van der Waals surface area contributed by atoms with E-state index in [9.17, 15) is 0 Å². The number of hydrogen-bond acceptors (Lipinski definition) is 2. The summed E-state index contributed by atoms with van der Waals surface area (Å²) in [6, 6.07) is 11.4. The molecule has 1 aromatic carbocycles. The second kappa shape index (κ2) is 6.36. The van der Waals surface area contributed by atoms with Gasteiger partial charge >= 0.3 is 0 Å². The lowest BCUT2D eigenvalue weighted by atomic mass is 10.1. The van der Waals surface area contributed by atoms with Crippen LogP contribution in [0.2, 0.25) is 0 Å². The van der Waals surface area contributed by atoms with E-state index >= 15 is 0 Å². The molecular formula is C18H27N2P. The standard InChI is InChI=1S/C18H27N2P/c1-2-12-16(13-3-1)21-17(14-8-4-5-9-14)19-20-18(21)15-10-6-7-11-15/h1-3,12-15,17-20H,4-11H2/t17-,18-/m0/s1. The van der Waals surface area contributed by atoms with Crippen LogP contribution in [0.5, 0.6) is 0 Å². The highest BCUT2D eigenvalue weighted by Crippen LogP contribution is 2.56. The van der Waals surface area contributed by atoms with Gasteiger partial charge in [-0.15, -0.1) is 0 Å². The summed E-state index contributed by atoms with van der Waals surface area (Å²) in [7, 11) is -0.111. The van der Waals surface area contributed by atoms with E-state index in [1.807, 2.05) is 0 Å². The van der Waals surface area contributed by atoms with Gasteiger partial charge in [0, 0.05) is 11.6 Å². The van der Waals surface area contributed by atoms with Gasteiger partial charge in [-0.2, -0.15) is 0 Å². The molecule has 2 N–H and O–H groups in total. The van der Waals surface area contributed by atoms with Crippen molar-refractivity contribution >= 4 is 13.2 Å². The van der Waals surface area contributed by atoms with E-state index in [1.54, 1.807) is 5.30 Å². The Morgan fingerprint density at radius 2 is 1.19 bits per heavy atom. The maximum atomic E-state index is 3.75. The molecule has 3 heteroatoms. The van der Waals surface area contributed by atoms with Gasteiger partial charge < -0.3 is 0 Å². The molecule has 1 heterocycles. The van der Waals surface area contributed by atoms with Crippen LogP contribution in [0.3, 0.4) is 0 Å². The van der Waals surface area contributed by atoms with E-state index in [-0.39, 0.29) is 7.92 Å². The van der Waals surface area contributed by atoms with Gasteiger partial charge in [-0.05, 0) is 50.7 Å². The predicted molar refractivity (Wildman–Crippen MR) is 90.8 cm³/mol. The van der Waals surface area contributed by atoms with Gasteiger partial charge in [0.25, 0.3) is 0 Å². The van der Waals surface area contributed by atoms with Gasteiger partial charge in [-0.3, -0.25) is 0 Å². The molecule has 0 spiro atoms. The molecular weight excluding hydrogens is 275 g/mol. The Bertz CT molecular complexity index is 428. The summed E-state index contributed by atoms with van der Waals surface area (Å²) >= 11 is 0. The molecule has 0 amide bonds. The Morgan fingerprint density at radius 1 is 0.714 bits per heavy atom. The van der Waals surface area contributed by atoms with Crippen LogP contribution in [0.25, 0.3) is 0 Å². The average molecular weight is 302 g/mol. The highest BCUT2D eigenvalue weighted by atomic mass is 31.1. The lowest BCUT2D eigenvalue weighted by molar-refractivity contribution is 0.388. The zero-order chi connectivity index (χ0) is 14.1. The third kappa shape index (κ3) is 2.79. The molecule has 2 atom stereocenters. The van der Waals surface area contributed by atoms with E-state index < -0.39 is 0 Å². The quantitative estimate of drug-likeness (QED) is 0.827. The second-order valence-corrected chi connectivity index (χ2v) is 9.45. The normalized spacial score (nSPS) is 32.2. The van der Waals surface area contributed by atoms with E-state index in [0.29, 0.717) is 11.6 Å². The fourth-order valence-corrected chi connectivity index (χ4v) is 8.08. The van der Waals surface area contributed by atoms with Crippen molar-refractivity contribution in [1.82, 2.24) is 10.9 Å². The molecule has 0 radical (unpaired) electrons. The molecule has 114 valence electrons. The van der Waals surface area contributed by atoms with Gasteiger partial charge in [-0.25, -0.2) is 10.9 Å². The van der Waals surface area contributed by atoms with Crippen molar-refractivity contribution in [1.29, 1.82) is 0 Å². The first-order valence-electron chi connectivity index (χ1n) is 8.78. The van der Waals surface area contributed by atoms with E-state index in [1.165, 1.54) is 51.4 Å². The van der Waals surface area contributed by atoms with Gasteiger partial charge in [0.15, 0.2) is 0 Å². The van der Waals surface area contributed by atoms with Gasteiger partial charge in [0.05, 0.1) is 0 Å². The molecule has 1 aromatic rings. The first-order chi connectivity index (χ1) is 10.4. The molecule has 0 bridgehead atoms. The Kier molecular flexibility index (Phi) is 4.30. The van der Waals surface area contributed by atoms with Crippen molar-refractivity contribution in [3.05, 3.63) is 30.3 Å². The third-order valence-electron chi connectivity index (χ3n) is 5.73. The molecule has 21 heavy (non-hydrogen) atoms. The zero-order valence-electron chi connectivity index (χ0n) is 12.8. The van der Waals surface area contributed by atoms with Gasteiger partial charge in [0.1, 0.15) is 0 Å². The number of hydrogen-bond donors (Lipinski definition) is 2. The van der Waals surface area contributed by atoms with Crippen LogP contribution in [-0.4, -0.2) is 11.6 Å². The second-order valence-electron chi connectivity index (χ2n) is 7.01. The Morgan fingerprint density at radius 3 is 1.67 bits per heavy atom. The minimum atomic E-state index is -0.111. The van der Waals surface area contributed by atoms with Crippen LogP contribution in [0.15, 0.2) is 30.3 Å². The Labute approximate surface area is 129 Å². The first-order valence-corrected chi connectivity index (χ1v) is 10.3. The van der Waals surface area contributed by atoms with Crippen molar-refractivity contribution in [2.24, 2.45) is 11.8 Å². The van der Waals surface area contributed by atoms with Crippen LogP contribution < -0.4 is 16.2 Å². The first kappa shape index (κ1) is 14.2. The highest BCUT2D eigenvalue weighted by molar-refractivity contribution is 7.67. The van der Waals surface area contributed by atoms with E-state index in [0.717, 1.165) is 11.8 Å². The van der Waals surface area contributed by atoms with Crippen LogP contribution >= 0.6 is 7.92 Å². The molecule has 2 saturated carbocycles. The van der Waals surface area contributed by atoms with Gasteiger partial charge in [0.2, 0.25) is 0 Å². The zero-order valence-corrected chi connectivity index (χ0v) is 13.7. The molecule has 2 nitrogen and oxygen atoms in total. The maximum Gasteiger partial charge on any atom is 0.0494 e. The lowest BCUT2D eigenvalue weighted by Crippen LogP contribution is -2.38. The fourth-order valence-electron chi connectivity index (χ4n) is 4.64.